The van der Waals surface area contributed by atoms with Crippen LogP contribution in [0.2, 0.25) is 0 Å². The number of nitrogens with one attached hydrogen (secondary N) is 2. The van der Waals surface area contributed by atoms with Crippen molar-refractivity contribution in [2.75, 3.05) is 12.4 Å². The van der Waals surface area contributed by atoms with Gasteiger partial charge in [-0.1, -0.05) is 6.07 Å². The van der Waals surface area contributed by atoms with Crippen LogP contribution >= 0.6 is 11.3 Å². The number of carbonyl (C=O) groups excluding carboxylic acids is 1. The maximum absolute atomic E-state index is 11.1. The molecule has 2 amide bonds. The lowest BCUT2D eigenvalue weighted by atomic mass is 10.2. The Bertz CT molecular complexity index is 504. The molecule has 1 radical (unpaired) electrons. The van der Waals surface area contributed by atoms with Crippen molar-refractivity contribution < 1.29 is 4.79 Å². The van der Waals surface area contributed by atoms with Gasteiger partial charge in [-0.05, 0) is 35.2 Å². The van der Waals surface area contributed by atoms with Crippen molar-refractivity contribution >= 4 is 33.8 Å². The number of fused-ring (bicyclic) bond motifs is 1. The smallest absolute Gasteiger partial charge is 0.318 e. The van der Waals surface area contributed by atoms with Crippen LogP contribution in [-0.4, -0.2) is 13.1 Å². The number of carbonyl (C=O) groups is 1. The van der Waals surface area contributed by atoms with Crippen LogP contribution < -0.4 is 10.6 Å². The van der Waals surface area contributed by atoms with Gasteiger partial charge in [0.2, 0.25) is 0 Å². The highest BCUT2D eigenvalue weighted by Gasteiger charge is 2.02. The van der Waals surface area contributed by atoms with Crippen molar-refractivity contribution in [2.24, 2.45) is 0 Å². The fraction of sp³-hybridized carbons (Fsp3) is 0.0909. The number of rotatable bonds is 1. The summed E-state index contributed by atoms with van der Waals surface area (Å²) in [5, 5.41) is 9.52. The average molecular weight is 219 g/mol. The molecular formula is C11H11N2OS. The van der Waals surface area contributed by atoms with Crippen molar-refractivity contribution in [1.29, 1.82) is 0 Å². The molecule has 4 heteroatoms. The number of urea groups is 1. The molecule has 0 saturated carbocycles. The molecule has 0 bridgehead atoms. The molecule has 1 heterocycles. The van der Waals surface area contributed by atoms with Gasteiger partial charge in [0.25, 0.3) is 0 Å². The number of anilines is 1. The second kappa shape index (κ2) is 3.90. The Morgan fingerprint density at radius 3 is 3.00 bits per heavy atom. The minimum absolute atomic E-state index is 0.209. The highest BCUT2D eigenvalue weighted by Crippen LogP contribution is 2.27. The van der Waals surface area contributed by atoms with Gasteiger partial charge in [0, 0.05) is 17.6 Å². The average Bonchev–Trinajstić information content (AvgIpc) is 2.60. The molecule has 2 N–H and O–H groups in total. The lowest BCUT2D eigenvalue weighted by molar-refractivity contribution is 0.254. The van der Waals surface area contributed by atoms with Crippen molar-refractivity contribution in [3.63, 3.8) is 0 Å². The summed E-state index contributed by atoms with van der Waals surface area (Å²) in [6.45, 7) is 3.93. The van der Waals surface area contributed by atoms with E-state index in [1.807, 2.05) is 23.6 Å². The van der Waals surface area contributed by atoms with Gasteiger partial charge in [0.1, 0.15) is 0 Å². The van der Waals surface area contributed by atoms with Crippen LogP contribution in [0.15, 0.2) is 23.6 Å². The van der Waals surface area contributed by atoms with Crippen LogP contribution in [0.4, 0.5) is 10.5 Å². The molecule has 1 aromatic heterocycles. The molecule has 2 aromatic rings. The van der Waals surface area contributed by atoms with Crippen molar-refractivity contribution in [3.8, 4) is 0 Å². The first-order chi connectivity index (χ1) is 7.20. The first kappa shape index (κ1) is 9.98. The van der Waals surface area contributed by atoms with Gasteiger partial charge in [0.05, 0.1) is 0 Å². The molecule has 3 nitrogen and oxygen atoms in total. The number of hydrogen-bond donors (Lipinski definition) is 2. The van der Waals surface area contributed by atoms with Gasteiger partial charge in [-0.25, -0.2) is 4.79 Å². The van der Waals surface area contributed by atoms with Gasteiger partial charge in [-0.2, -0.15) is 0 Å². The van der Waals surface area contributed by atoms with Gasteiger partial charge in [-0.15, -0.1) is 11.3 Å². The lowest BCUT2D eigenvalue weighted by Crippen LogP contribution is -2.24. The number of amides is 2. The van der Waals surface area contributed by atoms with Crippen LogP contribution in [0.3, 0.4) is 0 Å². The monoisotopic (exact) mass is 219 g/mol. The van der Waals surface area contributed by atoms with Crippen molar-refractivity contribution in [2.45, 2.75) is 0 Å². The predicted molar refractivity (Wildman–Crippen MR) is 64.4 cm³/mol. The SMILES string of the molecule is [CH2]c1scc2cc(NC(=O)NC)ccc12. The van der Waals surface area contributed by atoms with Crippen molar-refractivity contribution in [3.05, 3.63) is 35.4 Å². The van der Waals surface area contributed by atoms with Crippen LogP contribution in [0.1, 0.15) is 4.88 Å². The van der Waals surface area contributed by atoms with Gasteiger partial charge < -0.3 is 10.6 Å². The molecule has 77 valence electrons. The lowest BCUT2D eigenvalue weighted by Gasteiger charge is -2.04. The Morgan fingerprint density at radius 2 is 2.27 bits per heavy atom. The first-order valence-corrected chi connectivity index (χ1v) is 5.40. The second-order valence-electron chi connectivity index (χ2n) is 3.17. The summed E-state index contributed by atoms with van der Waals surface area (Å²) < 4.78 is 0. The summed E-state index contributed by atoms with van der Waals surface area (Å²) in [5.41, 5.74) is 0.791. The van der Waals surface area contributed by atoms with Crippen LogP contribution in [0.5, 0.6) is 0 Å². The van der Waals surface area contributed by atoms with E-state index < -0.39 is 0 Å². The second-order valence-corrected chi connectivity index (χ2v) is 4.13. The molecular weight excluding hydrogens is 208 g/mol. The molecule has 0 unspecified atom stereocenters. The Morgan fingerprint density at radius 1 is 1.47 bits per heavy atom. The third-order valence-electron chi connectivity index (χ3n) is 2.17. The molecule has 0 atom stereocenters. The Balaban J connectivity index is 2.35. The third-order valence-corrected chi connectivity index (χ3v) is 3.04. The maximum atomic E-state index is 11.1. The quantitative estimate of drug-likeness (QED) is 0.760. The van der Waals surface area contributed by atoms with E-state index in [1.165, 1.54) is 0 Å². The predicted octanol–water partition coefficient (Wildman–Crippen LogP) is 2.83. The molecule has 0 saturated heterocycles. The number of benzene rings is 1. The van der Waals surface area contributed by atoms with E-state index in [4.69, 9.17) is 0 Å². The summed E-state index contributed by atoms with van der Waals surface area (Å²) >= 11 is 1.61. The van der Waals surface area contributed by atoms with Crippen molar-refractivity contribution in [1.82, 2.24) is 5.32 Å². The molecule has 0 aliphatic carbocycles. The van der Waals surface area contributed by atoms with E-state index in [1.54, 1.807) is 18.4 Å². The Labute approximate surface area is 92.1 Å². The van der Waals surface area contributed by atoms with Gasteiger partial charge in [-0.3, -0.25) is 0 Å². The van der Waals surface area contributed by atoms with E-state index in [-0.39, 0.29) is 6.03 Å². The van der Waals surface area contributed by atoms with Gasteiger partial charge >= 0.3 is 6.03 Å². The molecule has 0 fully saturated rings. The minimum atomic E-state index is -0.209. The van der Waals surface area contributed by atoms with Gasteiger partial charge in [0.15, 0.2) is 0 Å². The molecule has 2 rings (SSSR count). The van der Waals surface area contributed by atoms with E-state index >= 15 is 0 Å². The maximum Gasteiger partial charge on any atom is 0.318 e. The molecule has 0 aliphatic heterocycles. The largest absolute Gasteiger partial charge is 0.341 e. The Kier molecular flexibility index (Phi) is 2.60. The zero-order valence-corrected chi connectivity index (χ0v) is 9.15. The van der Waals surface area contributed by atoms with Crippen LogP contribution in [-0.2, 0) is 0 Å². The summed E-state index contributed by atoms with van der Waals surface area (Å²) in [6, 6.07) is 5.58. The minimum Gasteiger partial charge on any atom is -0.341 e. The molecule has 15 heavy (non-hydrogen) atoms. The molecule has 0 aliphatic rings. The van der Waals surface area contributed by atoms with E-state index in [2.05, 4.69) is 17.6 Å². The summed E-state index contributed by atoms with van der Waals surface area (Å²) in [6.07, 6.45) is 0. The summed E-state index contributed by atoms with van der Waals surface area (Å²) in [5.74, 6) is 0. The Hall–Kier alpha value is -1.55. The third kappa shape index (κ3) is 1.94. The number of hydrogen-bond acceptors (Lipinski definition) is 2. The first-order valence-electron chi connectivity index (χ1n) is 4.52. The normalized spacial score (nSPS) is 10.3. The summed E-state index contributed by atoms with van der Waals surface area (Å²) in [4.78, 5) is 12.1. The van der Waals surface area contributed by atoms with E-state index in [9.17, 15) is 4.79 Å². The van der Waals surface area contributed by atoms with Crippen LogP contribution in [0, 0.1) is 6.92 Å². The van der Waals surface area contributed by atoms with E-state index in [0.29, 0.717) is 0 Å². The number of thiophene rings is 1. The van der Waals surface area contributed by atoms with Crippen LogP contribution in [0.25, 0.3) is 10.8 Å². The highest BCUT2D eigenvalue weighted by molar-refractivity contribution is 7.11. The molecule has 1 aromatic carbocycles. The topological polar surface area (TPSA) is 41.1 Å². The highest BCUT2D eigenvalue weighted by atomic mass is 32.1. The fourth-order valence-electron chi connectivity index (χ4n) is 1.38. The fourth-order valence-corrected chi connectivity index (χ4v) is 2.16. The van der Waals surface area contributed by atoms with E-state index in [0.717, 1.165) is 21.3 Å². The summed E-state index contributed by atoms with van der Waals surface area (Å²) in [7, 11) is 1.59. The zero-order chi connectivity index (χ0) is 10.8. The molecule has 0 spiro atoms. The standard InChI is InChI=1S/C11H11N2OS/c1-7-10-4-3-9(13-11(14)12-2)5-8(10)6-15-7/h3-6H,1H2,2H3,(H2,12,13,14). The zero-order valence-electron chi connectivity index (χ0n) is 8.33.